The molecule has 1 unspecified atom stereocenters. The van der Waals surface area contributed by atoms with E-state index >= 15 is 0 Å². The van der Waals surface area contributed by atoms with Crippen molar-refractivity contribution in [2.75, 3.05) is 6.61 Å². The van der Waals surface area contributed by atoms with Crippen LogP contribution in [0.25, 0.3) is 0 Å². The number of aliphatic hydroxyl groups excluding tert-OH is 5. The summed E-state index contributed by atoms with van der Waals surface area (Å²) >= 11 is 0. The molecule has 7 heteroatoms. The van der Waals surface area contributed by atoms with Gasteiger partial charge in [-0.2, -0.15) is 0 Å². The number of rotatable bonds is 5. The third-order valence-electron chi connectivity index (χ3n) is 1.55. The summed E-state index contributed by atoms with van der Waals surface area (Å²) in [6.07, 6.45) is -7.35. The van der Waals surface area contributed by atoms with E-state index in [1.807, 2.05) is 0 Å². The van der Waals surface area contributed by atoms with Gasteiger partial charge in [-0.25, -0.2) is 0 Å². The lowest BCUT2D eigenvalue weighted by Crippen LogP contribution is -2.50. The molecule has 0 heterocycles. The first kappa shape index (κ1) is 12.3. The molecule has 7 nitrogen and oxygen atoms in total. The van der Waals surface area contributed by atoms with Crippen LogP contribution in [-0.2, 0) is 4.79 Å². The highest BCUT2D eigenvalue weighted by Crippen LogP contribution is 2.04. The van der Waals surface area contributed by atoms with Crippen molar-refractivity contribution >= 4 is 5.91 Å². The molecule has 0 aliphatic heterocycles. The van der Waals surface area contributed by atoms with Crippen LogP contribution in [0.3, 0.4) is 0 Å². The Kier molecular flexibility index (Phi) is 4.81. The number of aliphatic hydroxyl groups is 5. The quantitative estimate of drug-likeness (QED) is 0.263. The van der Waals surface area contributed by atoms with Crippen molar-refractivity contribution in [2.24, 2.45) is 5.73 Å². The van der Waals surface area contributed by atoms with Gasteiger partial charge in [-0.05, 0) is 0 Å². The molecule has 0 aromatic carbocycles. The molecule has 7 N–H and O–H groups in total. The first-order valence-corrected chi connectivity index (χ1v) is 3.54. The van der Waals surface area contributed by atoms with E-state index in [0.29, 0.717) is 0 Å². The van der Waals surface area contributed by atoms with Crippen LogP contribution in [0.1, 0.15) is 0 Å². The summed E-state index contributed by atoms with van der Waals surface area (Å²) in [6.45, 7) is -0.802. The van der Waals surface area contributed by atoms with Crippen LogP contribution in [-0.4, -0.2) is 62.5 Å². The summed E-state index contributed by atoms with van der Waals surface area (Å²) in [5, 5.41) is 44.0. The molecule has 0 aliphatic carbocycles. The van der Waals surface area contributed by atoms with Crippen LogP contribution in [0, 0.1) is 0 Å². The van der Waals surface area contributed by atoms with Gasteiger partial charge in [-0.1, -0.05) is 0 Å². The van der Waals surface area contributed by atoms with Crippen molar-refractivity contribution in [3.63, 3.8) is 0 Å². The van der Waals surface area contributed by atoms with E-state index in [2.05, 4.69) is 5.73 Å². The number of carbonyl (C=O) groups excluding carboxylic acids is 1. The van der Waals surface area contributed by atoms with Crippen molar-refractivity contribution in [3.05, 3.63) is 0 Å². The molecule has 13 heavy (non-hydrogen) atoms. The van der Waals surface area contributed by atoms with Crippen molar-refractivity contribution in [3.8, 4) is 0 Å². The maximum Gasteiger partial charge on any atom is 0.249 e. The average molecular weight is 195 g/mol. The Morgan fingerprint density at radius 2 is 1.62 bits per heavy atom. The summed E-state index contributed by atoms with van der Waals surface area (Å²) in [4.78, 5) is 10.3. The Morgan fingerprint density at radius 3 is 1.92 bits per heavy atom. The summed E-state index contributed by atoms with van der Waals surface area (Å²) in [5.41, 5.74) is 4.61. The monoisotopic (exact) mass is 195 g/mol. The molecular weight excluding hydrogens is 182 g/mol. The van der Waals surface area contributed by atoms with E-state index in [0.717, 1.165) is 0 Å². The number of primary amides is 1. The number of amides is 1. The molecule has 1 amide bonds. The number of hydrogen-bond acceptors (Lipinski definition) is 6. The van der Waals surface area contributed by atoms with E-state index in [-0.39, 0.29) is 0 Å². The van der Waals surface area contributed by atoms with E-state index in [4.69, 9.17) is 25.5 Å². The normalized spacial score (nSPS) is 20.4. The largest absolute Gasteiger partial charge is 0.394 e. The summed E-state index contributed by atoms with van der Waals surface area (Å²) in [6, 6.07) is 0. The highest BCUT2D eigenvalue weighted by molar-refractivity contribution is 5.79. The first-order chi connectivity index (χ1) is 5.91. The van der Waals surface area contributed by atoms with Crippen LogP contribution in [0.2, 0.25) is 0 Å². The summed E-state index contributed by atoms with van der Waals surface area (Å²) in [5.74, 6) is -1.23. The van der Waals surface area contributed by atoms with E-state index in [1.54, 1.807) is 0 Å². The maximum atomic E-state index is 10.3. The zero-order valence-electron chi connectivity index (χ0n) is 6.74. The molecule has 0 saturated heterocycles. The second-order valence-corrected chi connectivity index (χ2v) is 2.58. The Labute approximate surface area is 74.0 Å². The molecular formula is C6H13NO6. The molecule has 78 valence electrons. The van der Waals surface area contributed by atoms with Crippen LogP contribution >= 0.6 is 0 Å². The molecule has 0 saturated carbocycles. The molecule has 0 bridgehead atoms. The maximum absolute atomic E-state index is 10.3. The Bertz CT molecular complexity index is 175. The lowest BCUT2D eigenvalue weighted by Gasteiger charge is -2.23. The van der Waals surface area contributed by atoms with Crippen LogP contribution < -0.4 is 5.73 Å². The number of nitrogens with two attached hydrogens (primary N) is 1. The molecule has 0 aromatic rings. The third-order valence-corrected chi connectivity index (χ3v) is 1.55. The second-order valence-electron chi connectivity index (χ2n) is 2.58. The Balaban J connectivity index is 4.24. The van der Waals surface area contributed by atoms with E-state index < -0.39 is 36.9 Å². The van der Waals surface area contributed by atoms with Gasteiger partial charge in [0.15, 0.2) is 6.10 Å². The second kappa shape index (κ2) is 5.10. The topological polar surface area (TPSA) is 144 Å². The van der Waals surface area contributed by atoms with Gasteiger partial charge in [0.25, 0.3) is 0 Å². The predicted molar refractivity (Wildman–Crippen MR) is 40.3 cm³/mol. The van der Waals surface area contributed by atoms with Crippen molar-refractivity contribution in [1.82, 2.24) is 0 Å². The van der Waals surface area contributed by atoms with Crippen LogP contribution in [0.5, 0.6) is 0 Å². The van der Waals surface area contributed by atoms with Gasteiger partial charge in [-0.3, -0.25) is 4.79 Å². The average Bonchev–Trinajstić information content (AvgIpc) is 2.12. The fourth-order valence-electron chi connectivity index (χ4n) is 0.691. The van der Waals surface area contributed by atoms with Gasteiger partial charge in [0.05, 0.1) is 6.61 Å². The number of carbonyl (C=O) groups is 1. The van der Waals surface area contributed by atoms with Gasteiger partial charge in [0.1, 0.15) is 18.3 Å². The molecule has 0 spiro atoms. The predicted octanol–water partition coefficient (Wildman–Crippen LogP) is -4.09. The fourth-order valence-corrected chi connectivity index (χ4v) is 0.691. The SMILES string of the molecule is NC(=O)[C@H](O)[C@@H](O)[C@H](O)C(O)CO. The van der Waals surface area contributed by atoms with Crippen molar-refractivity contribution < 1.29 is 30.3 Å². The zero-order valence-corrected chi connectivity index (χ0v) is 6.74. The zero-order chi connectivity index (χ0) is 10.6. The highest BCUT2D eigenvalue weighted by atomic mass is 16.4. The standard InChI is InChI=1S/C6H13NO6/c7-6(13)5(12)4(11)3(10)2(9)1-8/h2-5,8-12H,1H2,(H2,7,13)/t2?,3-,4+,5-/m1/s1. The van der Waals surface area contributed by atoms with E-state index in [9.17, 15) is 4.79 Å². The van der Waals surface area contributed by atoms with Gasteiger partial charge >= 0.3 is 0 Å². The third kappa shape index (κ3) is 3.25. The fraction of sp³-hybridized carbons (Fsp3) is 0.833. The van der Waals surface area contributed by atoms with Crippen molar-refractivity contribution in [1.29, 1.82) is 0 Å². The van der Waals surface area contributed by atoms with Gasteiger partial charge in [-0.15, -0.1) is 0 Å². The van der Waals surface area contributed by atoms with Crippen LogP contribution in [0.15, 0.2) is 0 Å². The smallest absolute Gasteiger partial charge is 0.249 e. The van der Waals surface area contributed by atoms with Gasteiger partial charge in [0, 0.05) is 0 Å². The minimum absolute atomic E-state index is 0.802. The van der Waals surface area contributed by atoms with Gasteiger partial charge in [0.2, 0.25) is 5.91 Å². The number of hydrogen-bond donors (Lipinski definition) is 6. The molecule has 0 fully saturated rings. The van der Waals surface area contributed by atoms with Crippen LogP contribution in [0.4, 0.5) is 0 Å². The lowest BCUT2D eigenvalue weighted by molar-refractivity contribution is -0.146. The first-order valence-electron chi connectivity index (χ1n) is 3.54. The van der Waals surface area contributed by atoms with Gasteiger partial charge < -0.3 is 31.3 Å². The summed E-state index contributed by atoms with van der Waals surface area (Å²) < 4.78 is 0. The van der Waals surface area contributed by atoms with E-state index in [1.165, 1.54) is 0 Å². The minimum atomic E-state index is -1.98. The molecule has 0 aromatic heterocycles. The molecule has 4 atom stereocenters. The summed E-state index contributed by atoms with van der Waals surface area (Å²) in [7, 11) is 0. The minimum Gasteiger partial charge on any atom is -0.394 e. The molecule has 0 aliphatic rings. The Morgan fingerprint density at radius 1 is 1.15 bits per heavy atom. The molecule has 0 radical (unpaired) electrons. The lowest BCUT2D eigenvalue weighted by atomic mass is 10.0. The molecule has 0 rings (SSSR count). The highest BCUT2D eigenvalue weighted by Gasteiger charge is 2.32. The van der Waals surface area contributed by atoms with Crippen molar-refractivity contribution in [2.45, 2.75) is 24.4 Å². The Hall–Kier alpha value is -0.730.